The average molecular weight is 158 g/mol. The van der Waals surface area contributed by atoms with Crippen LogP contribution in [0.5, 0.6) is 0 Å². The Balaban J connectivity index is 2.64. The molecule has 0 aliphatic carbocycles. The number of para-hydroxylation sites is 1. The smallest absolute Gasteiger partial charge is 0.291 e. The molecular formula is C8H6N4. The van der Waals surface area contributed by atoms with Gasteiger partial charge >= 0.3 is 6.67 Å². The third kappa shape index (κ3) is 0.920. The molecule has 0 aliphatic heterocycles. The van der Waals surface area contributed by atoms with E-state index in [0.717, 1.165) is 11.0 Å². The summed E-state index contributed by atoms with van der Waals surface area (Å²) in [6.45, 7) is 6.93. The summed E-state index contributed by atoms with van der Waals surface area (Å²) in [5, 5.41) is 7.74. The number of nitrogens with zero attached hydrogens (tertiary/aromatic N) is 4. The first-order chi connectivity index (χ1) is 5.92. The van der Waals surface area contributed by atoms with Crippen LogP contribution in [0.2, 0.25) is 0 Å². The quantitative estimate of drug-likeness (QED) is 0.586. The van der Waals surface area contributed by atoms with Crippen LogP contribution in [0, 0.1) is 6.57 Å². The van der Waals surface area contributed by atoms with Crippen LogP contribution in [0.4, 0.5) is 0 Å². The molecule has 1 heterocycles. The molecule has 0 amide bonds. The Labute approximate surface area is 69.2 Å². The number of hydrogen-bond acceptors (Lipinski definition) is 2. The van der Waals surface area contributed by atoms with Crippen LogP contribution < -0.4 is 0 Å². The maximum Gasteiger partial charge on any atom is 0.309 e. The molecule has 0 radical (unpaired) electrons. The number of benzene rings is 1. The Morgan fingerprint density at radius 2 is 2.25 bits per heavy atom. The Morgan fingerprint density at radius 1 is 1.42 bits per heavy atom. The minimum atomic E-state index is 0.237. The fourth-order valence-corrected chi connectivity index (χ4v) is 1.09. The maximum absolute atomic E-state index is 6.69. The summed E-state index contributed by atoms with van der Waals surface area (Å²) in [6.07, 6.45) is 0. The molecule has 0 bridgehead atoms. The lowest BCUT2D eigenvalue weighted by atomic mass is 10.3. The van der Waals surface area contributed by atoms with Crippen molar-refractivity contribution in [3.8, 4) is 0 Å². The van der Waals surface area contributed by atoms with Gasteiger partial charge in [-0.05, 0) is 12.1 Å². The maximum atomic E-state index is 6.69. The fourth-order valence-electron chi connectivity index (χ4n) is 1.09. The summed E-state index contributed by atoms with van der Waals surface area (Å²) >= 11 is 0. The van der Waals surface area contributed by atoms with Gasteiger partial charge in [-0.3, -0.25) is 4.85 Å². The lowest BCUT2D eigenvalue weighted by Gasteiger charge is -1.89. The average Bonchev–Trinajstić information content (AvgIpc) is 2.50. The third-order valence-electron chi connectivity index (χ3n) is 1.62. The predicted octanol–water partition coefficient (Wildman–Crippen LogP) is 1.31. The molecule has 1 aromatic heterocycles. The first-order valence-corrected chi connectivity index (χ1v) is 3.53. The Morgan fingerprint density at radius 3 is 3.08 bits per heavy atom. The highest BCUT2D eigenvalue weighted by Gasteiger charge is 2.02. The molecule has 0 saturated carbocycles. The van der Waals surface area contributed by atoms with Gasteiger partial charge in [0.1, 0.15) is 5.52 Å². The van der Waals surface area contributed by atoms with E-state index in [-0.39, 0.29) is 6.67 Å². The minimum absolute atomic E-state index is 0.237. The highest BCUT2D eigenvalue weighted by molar-refractivity contribution is 5.73. The van der Waals surface area contributed by atoms with Crippen LogP contribution in [0.15, 0.2) is 24.3 Å². The lowest BCUT2D eigenvalue weighted by molar-refractivity contribution is 0.680. The van der Waals surface area contributed by atoms with Gasteiger partial charge in [0.25, 0.3) is 0 Å². The van der Waals surface area contributed by atoms with Crippen molar-refractivity contribution in [1.29, 1.82) is 0 Å². The SMILES string of the molecule is [C-]#[N+]Cn1nnc2ccccc21. The molecule has 0 atom stereocenters. The molecule has 4 nitrogen and oxygen atoms in total. The molecule has 58 valence electrons. The van der Waals surface area contributed by atoms with E-state index < -0.39 is 0 Å². The number of fused-ring (bicyclic) bond motifs is 1. The third-order valence-corrected chi connectivity index (χ3v) is 1.62. The van der Waals surface area contributed by atoms with Gasteiger partial charge in [-0.2, -0.15) is 4.68 Å². The van der Waals surface area contributed by atoms with Crippen molar-refractivity contribution in [2.75, 3.05) is 0 Å². The second kappa shape index (κ2) is 2.62. The van der Waals surface area contributed by atoms with Gasteiger partial charge in [-0.1, -0.05) is 17.3 Å². The van der Waals surface area contributed by atoms with Crippen molar-refractivity contribution in [2.45, 2.75) is 6.67 Å². The van der Waals surface area contributed by atoms with Crippen LogP contribution in [-0.2, 0) is 6.67 Å². The van der Waals surface area contributed by atoms with E-state index in [0.29, 0.717) is 0 Å². The highest BCUT2D eigenvalue weighted by Crippen LogP contribution is 2.08. The summed E-state index contributed by atoms with van der Waals surface area (Å²) in [5.74, 6) is 0. The van der Waals surface area contributed by atoms with Crippen molar-refractivity contribution in [3.63, 3.8) is 0 Å². The molecule has 0 fully saturated rings. The number of rotatable bonds is 1. The zero-order valence-electron chi connectivity index (χ0n) is 6.31. The standard InChI is InChI=1S/C8H6N4/c1-9-6-12-8-5-3-2-4-7(8)10-11-12/h2-5H,6H2. The van der Waals surface area contributed by atoms with E-state index >= 15 is 0 Å². The first-order valence-electron chi connectivity index (χ1n) is 3.53. The van der Waals surface area contributed by atoms with E-state index in [9.17, 15) is 0 Å². The minimum Gasteiger partial charge on any atom is -0.291 e. The predicted molar refractivity (Wildman–Crippen MR) is 44.1 cm³/mol. The van der Waals surface area contributed by atoms with E-state index in [4.69, 9.17) is 6.57 Å². The van der Waals surface area contributed by atoms with Gasteiger partial charge in [-0.25, -0.2) is 6.57 Å². The molecule has 0 aliphatic rings. The molecule has 0 saturated heterocycles. The highest BCUT2D eigenvalue weighted by atomic mass is 15.4. The van der Waals surface area contributed by atoms with Crippen molar-refractivity contribution < 1.29 is 0 Å². The number of hydrogen-bond donors (Lipinski definition) is 0. The summed E-state index contributed by atoms with van der Waals surface area (Å²) in [7, 11) is 0. The van der Waals surface area contributed by atoms with Crippen LogP contribution >= 0.6 is 0 Å². The van der Waals surface area contributed by atoms with Gasteiger partial charge < -0.3 is 0 Å². The first kappa shape index (κ1) is 6.80. The van der Waals surface area contributed by atoms with Crippen molar-refractivity contribution >= 4 is 11.0 Å². The van der Waals surface area contributed by atoms with Crippen molar-refractivity contribution in [2.24, 2.45) is 0 Å². The van der Waals surface area contributed by atoms with E-state index in [2.05, 4.69) is 15.2 Å². The number of aromatic nitrogens is 3. The molecule has 2 rings (SSSR count). The Bertz CT molecular complexity index is 437. The molecule has 2 aromatic rings. The molecule has 12 heavy (non-hydrogen) atoms. The van der Waals surface area contributed by atoms with Crippen molar-refractivity contribution in [1.82, 2.24) is 15.0 Å². The summed E-state index contributed by atoms with van der Waals surface area (Å²) in [5.41, 5.74) is 1.75. The molecule has 0 spiro atoms. The Hall–Kier alpha value is -1.89. The molecule has 0 unspecified atom stereocenters. The topological polar surface area (TPSA) is 35.1 Å². The van der Waals surface area contributed by atoms with Crippen LogP contribution in [0.25, 0.3) is 15.9 Å². The van der Waals surface area contributed by atoms with E-state index in [1.807, 2.05) is 24.3 Å². The molecule has 4 heteroatoms. The summed E-state index contributed by atoms with van der Waals surface area (Å²) in [6, 6.07) is 7.59. The molecular weight excluding hydrogens is 152 g/mol. The van der Waals surface area contributed by atoms with Crippen molar-refractivity contribution in [3.05, 3.63) is 35.7 Å². The summed E-state index contributed by atoms with van der Waals surface area (Å²) in [4.78, 5) is 3.24. The van der Waals surface area contributed by atoms with Crippen LogP contribution in [0.1, 0.15) is 0 Å². The fraction of sp³-hybridized carbons (Fsp3) is 0.125. The van der Waals surface area contributed by atoms with Gasteiger partial charge in [0.15, 0.2) is 0 Å². The van der Waals surface area contributed by atoms with Crippen LogP contribution in [-0.4, -0.2) is 15.0 Å². The lowest BCUT2D eigenvalue weighted by Crippen LogP contribution is -1.95. The van der Waals surface area contributed by atoms with Gasteiger partial charge in [0, 0.05) is 0 Å². The van der Waals surface area contributed by atoms with Crippen LogP contribution in [0.3, 0.4) is 0 Å². The normalized spacial score (nSPS) is 9.92. The van der Waals surface area contributed by atoms with E-state index in [1.165, 1.54) is 0 Å². The molecule has 1 aromatic carbocycles. The summed E-state index contributed by atoms with van der Waals surface area (Å²) < 4.78 is 1.59. The second-order valence-electron chi connectivity index (χ2n) is 2.38. The van der Waals surface area contributed by atoms with E-state index in [1.54, 1.807) is 4.68 Å². The van der Waals surface area contributed by atoms with Gasteiger partial charge in [-0.15, -0.1) is 5.10 Å². The van der Waals surface area contributed by atoms with Gasteiger partial charge in [0.05, 0.1) is 5.52 Å². The Kier molecular flexibility index (Phi) is 1.49. The van der Waals surface area contributed by atoms with Gasteiger partial charge in [0.2, 0.25) is 0 Å². The molecule has 0 N–H and O–H groups in total. The zero-order chi connectivity index (χ0) is 8.39. The zero-order valence-corrected chi connectivity index (χ0v) is 6.31. The second-order valence-corrected chi connectivity index (χ2v) is 2.38. The monoisotopic (exact) mass is 158 g/mol. The largest absolute Gasteiger partial charge is 0.309 e.